The molecule has 4 aliphatic rings. The maximum Gasteiger partial charge on any atom is 0.238 e. The van der Waals surface area contributed by atoms with Crippen molar-refractivity contribution in [2.45, 2.75) is 89.9 Å². The zero-order valence-corrected chi connectivity index (χ0v) is 25.3. The Kier molecular flexibility index (Phi) is 8.09. The van der Waals surface area contributed by atoms with Crippen molar-refractivity contribution in [1.82, 2.24) is 5.32 Å². The lowest BCUT2D eigenvalue weighted by molar-refractivity contribution is -0.166. The molecule has 8 atom stereocenters. The van der Waals surface area contributed by atoms with Crippen LogP contribution in [0.3, 0.4) is 0 Å². The third-order valence-corrected chi connectivity index (χ3v) is 12.6. The molecule has 1 aromatic rings. The van der Waals surface area contributed by atoms with Gasteiger partial charge in [-0.05, 0) is 84.8 Å². The summed E-state index contributed by atoms with van der Waals surface area (Å²) in [6.45, 7) is 6.92. The van der Waals surface area contributed by atoms with Crippen LogP contribution in [0.2, 0.25) is 0 Å². The number of carbonyl (C=O) groups excluding carboxylic acids is 4. The number of Topliss-reactive ketones (excluding diaryl/α,β-unsaturated/α-hetero) is 3. The third-order valence-electron chi connectivity index (χ3n) is 11.7. The van der Waals surface area contributed by atoms with Gasteiger partial charge in [-0.15, -0.1) is 0 Å². The Morgan fingerprint density at radius 3 is 2.44 bits per heavy atom. The SMILES string of the molecule is C[C@H](CCC(=O)NCCc1ccc(S(N)(=O)=O)cc1)[C@H]1CC[C@H]2[C@@H]3C(=O)C[C@@H]4CC(=O)CC[C@]4(C)[C@H]3CC(=O)[C@]12C. The molecule has 4 saturated carbocycles. The van der Waals surface area contributed by atoms with Gasteiger partial charge in [-0.3, -0.25) is 19.2 Å². The number of rotatable bonds is 8. The van der Waals surface area contributed by atoms with Crippen molar-refractivity contribution in [3.05, 3.63) is 29.8 Å². The highest BCUT2D eigenvalue weighted by molar-refractivity contribution is 7.89. The minimum atomic E-state index is -3.73. The van der Waals surface area contributed by atoms with E-state index in [1.807, 2.05) is 0 Å². The standard InChI is InChI=1S/C32H44N2O6S/c1-19(4-11-29(38)34-15-13-20-5-7-23(8-6-20)41(33,39)40)24-9-10-25-30-26(18-28(37)32(24,25)3)31(2)14-12-22(35)16-21(31)17-27(30)36/h5-8,19,21,24-26,30H,4,9-18H2,1-3H3,(H,34,38)(H2,33,39,40)/t19-,21+,24-,25+,26+,30+,31+,32-/m1/s1. The number of hydrogen-bond donors (Lipinski definition) is 2. The Bertz CT molecular complexity index is 1340. The zero-order valence-electron chi connectivity index (χ0n) is 24.5. The summed E-state index contributed by atoms with van der Waals surface area (Å²) < 4.78 is 22.8. The first-order valence-electron chi connectivity index (χ1n) is 15.2. The molecule has 0 spiro atoms. The molecule has 224 valence electrons. The maximum atomic E-state index is 13.9. The van der Waals surface area contributed by atoms with E-state index in [2.05, 4.69) is 26.1 Å². The van der Waals surface area contributed by atoms with E-state index in [4.69, 9.17) is 5.14 Å². The van der Waals surface area contributed by atoms with Gasteiger partial charge in [-0.25, -0.2) is 13.6 Å². The van der Waals surface area contributed by atoms with Gasteiger partial charge < -0.3 is 5.32 Å². The van der Waals surface area contributed by atoms with Crippen LogP contribution in [-0.4, -0.2) is 38.2 Å². The van der Waals surface area contributed by atoms with Gasteiger partial charge >= 0.3 is 0 Å². The second kappa shape index (κ2) is 11.0. The third kappa shape index (κ3) is 5.44. The van der Waals surface area contributed by atoms with Crippen LogP contribution in [0.15, 0.2) is 29.2 Å². The lowest BCUT2D eigenvalue weighted by Gasteiger charge is -2.58. The van der Waals surface area contributed by atoms with Gasteiger partial charge in [0.2, 0.25) is 15.9 Å². The molecule has 0 heterocycles. The molecule has 9 heteroatoms. The molecule has 5 rings (SSSR count). The Labute approximate surface area is 243 Å². The number of amides is 1. The predicted octanol–water partition coefficient (Wildman–Crippen LogP) is 4.00. The van der Waals surface area contributed by atoms with E-state index in [1.54, 1.807) is 12.1 Å². The number of nitrogens with one attached hydrogen (secondary N) is 1. The molecule has 0 saturated heterocycles. The highest BCUT2D eigenvalue weighted by Gasteiger charge is 2.66. The molecule has 41 heavy (non-hydrogen) atoms. The fourth-order valence-corrected chi connectivity index (χ4v) is 9.75. The van der Waals surface area contributed by atoms with E-state index in [9.17, 15) is 27.6 Å². The molecule has 4 aliphatic carbocycles. The van der Waals surface area contributed by atoms with Gasteiger partial charge in [0.05, 0.1) is 4.90 Å². The summed E-state index contributed by atoms with van der Waals surface area (Å²) in [7, 11) is -3.73. The number of carbonyl (C=O) groups is 4. The predicted molar refractivity (Wildman–Crippen MR) is 154 cm³/mol. The quantitative estimate of drug-likeness (QED) is 0.473. The van der Waals surface area contributed by atoms with Crippen molar-refractivity contribution in [3.8, 4) is 0 Å². The zero-order chi connectivity index (χ0) is 29.7. The number of fused-ring (bicyclic) bond motifs is 5. The van der Waals surface area contributed by atoms with E-state index in [0.29, 0.717) is 51.5 Å². The second-order valence-corrected chi connectivity index (χ2v) is 15.3. The molecule has 1 amide bonds. The van der Waals surface area contributed by atoms with Gasteiger partial charge in [0, 0.05) is 50.0 Å². The molecule has 3 N–H and O–H groups in total. The molecule has 4 fully saturated rings. The van der Waals surface area contributed by atoms with Crippen LogP contribution in [0.25, 0.3) is 0 Å². The number of ketones is 3. The number of hydrogen-bond acceptors (Lipinski definition) is 6. The van der Waals surface area contributed by atoms with E-state index < -0.39 is 15.4 Å². The molecular weight excluding hydrogens is 540 g/mol. The van der Waals surface area contributed by atoms with Crippen molar-refractivity contribution in [2.24, 2.45) is 51.5 Å². The smallest absolute Gasteiger partial charge is 0.238 e. The van der Waals surface area contributed by atoms with Crippen molar-refractivity contribution >= 4 is 33.3 Å². The first-order chi connectivity index (χ1) is 19.2. The number of benzene rings is 1. The van der Waals surface area contributed by atoms with Crippen molar-refractivity contribution in [3.63, 3.8) is 0 Å². The van der Waals surface area contributed by atoms with E-state index in [1.165, 1.54) is 12.1 Å². The highest BCUT2D eigenvalue weighted by Crippen LogP contribution is 2.66. The normalized spacial score (nSPS) is 35.8. The molecule has 1 aromatic carbocycles. The van der Waals surface area contributed by atoms with Crippen LogP contribution in [0.5, 0.6) is 0 Å². The van der Waals surface area contributed by atoms with E-state index in [0.717, 1.165) is 24.8 Å². The summed E-state index contributed by atoms with van der Waals surface area (Å²) >= 11 is 0. The maximum absolute atomic E-state index is 13.9. The molecule has 0 bridgehead atoms. The van der Waals surface area contributed by atoms with Gasteiger partial charge in [0.25, 0.3) is 0 Å². The molecule has 0 unspecified atom stereocenters. The fourth-order valence-electron chi connectivity index (χ4n) is 9.23. The highest BCUT2D eigenvalue weighted by atomic mass is 32.2. The first kappa shape index (κ1) is 30.1. The lowest BCUT2D eigenvalue weighted by atomic mass is 9.44. The van der Waals surface area contributed by atoms with Crippen molar-refractivity contribution < 1.29 is 27.6 Å². The lowest BCUT2D eigenvalue weighted by Crippen LogP contribution is -2.60. The molecule has 0 aromatic heterocycles. The minimum Gasteiger partial charge on any atom is -0.356 e. The molecule has 8 nitrogen and oxygen atoms in total. The topological polar surface area (TPSA) is 140 Å². The summed E-state index contributed by atoms with van der Waals surface area (Å²) in [4.78, 5) is 52.4. The fraction of sp³-hybridized carbons (Fsp3) is 0.688. The molecular formula is C32H44N2O6S. The Morgan fingerprint density at radius 1 is 1.05 bits per heavy atom. The summed E-state index contributed by atoms with van der Waals surface area (Å²) in [6, 6.07) is 6.33. The van der Waals surface area contributed by atoms with Crippen LogP contribution < -0.4 is 10.5 Å². The number of nitrogens with two attached hydrogens (primary N) is 1. The van der Waals surface area contributed by atoms with Crippen LogP contribution >= 0.6 is 0 Å². The van der Waals surface area contributed by atoms with E-state index in [-0.39, 0.29) is 69.1 Å². The van der Waals surface area contributed by atoms with Crippen LogP contribution in [0, 0.1) is 46.3 Å². The Balaban J connectivity index is 1.17. The van der Waals surface area contributed by atoms with Gasteiger partial charge in [0.15, 0.2) is 0 Å². The van der Waals surface area contributed by atoms with Crippen LogP contribution in [0.4, 0.5) is 0 Å². The van der Waals surface area contributed by atoms with E-state index >= 15 is 0 Å². The summed E-state index contributed by atoms with van der Waals surface area (Å²) in [5.74, 6) is 1.17. The average molecular weight is 585 g/mol. The minimum absolute atomic E-state index is 0.0407. The monoisotopic (exact) mass is 584 g/mol. The van der Waals surface area contributed by atoms with Crippen LogP contribution in [-0.2, 0) is 35.6 Å². The summed E-state index contributed by atoms with van der Waals surface area (Å²) in [6.07, 6.45) is 6.15. The van der Waals surface area contributed by atoms with Crippen molar-refractivity contribution in [2.75, 3.05) is 6.54 Å². The van der Waals surface area contributed by atoms with Gasteiger partial charge in [-0.2, -0.15) is 0 Å². The molecule has 0 aliphatic heterocycles. The number of sulfonamides is 1. The first-order valence-corrected chi connectivity index (χ1v) is 16.8. The van der Waals surface area contributed by atoms with Gasteiger partial charge in [0.1, 0.15) is 17.3 Å². The number of primary sulfonamides is 1. The van der Waals surface area contributed by atoms with Crippen molar-refractivity contribution in [1.29, 1.82) is 0 Å². The molecule has 0 radical (unpaired) electrons. The largest absolute Gasteiger partial charge is 0.356 e. The van der Waals surface area contributed by atoms with Gasteiger partial charge in [-0.1, -0.05) is 32.9 Å². The average Bonchev–Trinajstić information content (AvgIpc) is 3.27. The summed E-state index contributed by atoms with van der Waals surface area (Å²) in [5.41, 5.74) is 0.251. The van der Waals surface area contributed by atoms with Crippen LogP contribution in [0.1, 0.15) is 84.1 Å². The Hall–Kier alpha value is -2.39. The second-order valence-electron chi connectivity index (χ2n) is 13.8. The summed E-state index contributed by atoms with van der Waals surface area (Å²) in [5, 5.41) is 8.10. The Morgan fingerprint density at radius 2 is 1.76 bits per heavy atom.